The Morgan fingerprint density at radius 2 is 2.00 bits per heavy atom. The van der Waals surface area contributed by atoms with E-state index in [0.717, 1.165) is 43.3 Å². The summed E-state index contributed by atoms with van der Waals surface area (Å²) in [6.45, 7) is 3.19. The van der Waals surface area contributed by atoms with Gasteiger partial charge in [-0.3, -0.25) is 4.79 Å². The van der Waals surface area contributed by atoms with Gasteiger partial charge in [-0.25, -0.2) is 4.98 Å². The number of nitrogens with zero attached hydrogens (tertiary/aromatic N) is 2. The monoisotopic (exact) mass is 325 g/mol. The summed E-state index contributed by atoms with van der Waals surface area (Å²) >= 11 is 0. The molecular weight excluding hydrogens is 306 g/mol. The minimum Gasteiger partial charge on any atom is -0.480 e. The van der Waals surface area contributed by atoms with Crippen LogP contribution in [0, 0.1) is 0 Å². The SMILES string of the molecule is O=C(Nc1ccc(N2CCOCC2)cn1)C1Cc2ccccc2O1. The van der Waals surface area contributed by atoms with Crippen molar-refractivity contribution >= 4 is 17.4 Å². The maximum Gasteiger partial charge on any atom is 0.266 e. The Morgan fingerprint density at radius 1 is 1.17 bits per heavy atom. The molecule has 1 fully saturated rings. The first-order chi connectivity index (χ1) is 11.8. The second kappa shape index (κ2) is 6.49. The van der Waals surface area contributed by atoms with Crippen LogP contribution < -0.4 is 15.0 Å². The summed E-state index contributed by atoms with van der Waals surface area (Å²) in [6, 6.07) is 11.5. The van der Waals surface area contributed by atoms with E-state index in [2.05, 4.69) is 15.2 Å². The van der Waals surface area contributed by atoms with Gasteiger partial charge in [0.25, 0.3) is 5.91 Å². The lowest BCUT2D eigenvalue weighted by atomic mass is 10.1. The number of morpholine rings is 1. The highest BCUT2D eigenvalue weighted by atomic mass is 16.5. The van der Waals surface area contributed by atoms with E-state index in [1.165, 1.54) is 0 Å². The van der Waals surface area contributed by atoms with E-state index in [0.29, 0.717) is 12.2 Å². The number of anilines is 2. The van der Waals surface area contributed by atoms with Gasteiger partial charge in [0.15, 0.2) is 6.10 Å². The molecule has 0 spiro atoms. The quantitative estimate of drug-likeness (QED) is 0.933. The van der Waals surface area contributed by atoms with Crippen LogP contribution in [-0.4, -0.2) is 43.3 Å². The Bertz CT molecular complexity index is 702. The number of benzene rings is 1. The third-order valence-corrected chi connectivity index (χ3v) is 4.31. The molecule has 6 nitrogen and oxygen atoms in total. The van der Waals surface area contributed by atoms with Crippen LogP contribution >= 0.6 is 0 Å². The van der Waals surface area contributed by atoms with Gasteiger partial charge in [-0.15, -0.1) is 0 Å². The molecule has 1 atom stereocenters. The van der Waals surface area contributed by atoms with Crippen LogP contribution in [0.15, 0.2) is 42.6 Å². The molecule has 1 amide bonds. The highest BCUT2D eigenvalue weighted by Crippen LogP contribution is 2.28. The second-order valence-electron chi connectivity index (χ2n) is 5.91. The predicted octanol–water partition coefficient (Wildman–Crippen LogP) is 1.86. The minimum atomic E-state index is -0.497. The lowest BCUT2D eigenvalue weighted by Crippen LogP contribution is -2.36. The van der Waals surface area contributed by atoms with Crippen LogP contribution in [0.5, 0.6) is 5.75 Å². The normalized spacial score (nSPS) is 19.5. The van der Waals surface area contributed by atoms with E-state index in [1.807, 2.05) is 36.4 Å². The number of rotatable bonds is 3. The van der Waals surface area contributed by atoms with Crippen LogP contribution in [0.3, 0.4) is 0 Å². The van der Waals surface area contributed by atoms with E-state index >= 15 is 0 Å². The molecule has 1 saturated heterocycles. The van der Waals surface area contributed by atoms with Crippen molar-refractivity contribution in [1.29, 1.82) is 0 Å². The number of fused-ring (bicyclic) bond motifs is 1. The Hall–Kier alpha value is -2.60. The molecule has 0 aliphatic carbocycles. The Balaban J connectivity index is 1.38. The third-order valence-electron chi connectivity index (χ3n) is 4.31. The first-order valence-electron chi connectivity index (χ1n) is 8.14. The fourth-order valence-electron chi connectivity index (χ4n) is 3.00. The number of hydrogen-bond donors (Lipinski definition) is 1. The summed E-state index contributed by atoms with van der Waals surface area (Å²) in [5.41, 5.74) is 2.11. The smallest absolute Gasteiger partial charge is 0.266 e. The number of carbonyl (C=O) groups is 1. The molecule has 1 aromatic carbocycles. The summed E-state index contributed by atoms with van der Waals surface area (Å²) in [5, 5.41) is 2.83. The topological polar surface area (TPSA) is 63.7 Å². The molecule has 2 aliphatic heterocycles. The highest BCUT2D eigenvalue weighted by molar-refractivity contribution is 5.94. The molecule has 1 unspecified atom stereocenters. The Kier molecular flexibility index (Phi) is 4.04. The maximum absolute atomic E-state index is 12.4. The number of amides is 1. The lowest BCUT2D eigenvalue weighted by Gasteiger charge is -2.28. The zero-order valence-electron chi connectivity index (χ0n) is 13.3. The molecule has 0 saturated carbocycles. The van der Waals surface area contributed by atoms with Crippen LogP contribution in [-0.2, 0) is 16.0 Å². The van der Waals surface area contributed by atoms with Crippen molar-refractivity contribution in [3.8, 4) is 5.75 Å². The lowest BCUT2D eigenvalue weighted by molar-refractivity contribution is -0.122. The average Bonchev–Trinajstić information content (AvgIpc) is 3.07. The van der Waals surface area contributed by atoms with Crippen molar-refractivity contribution in [3.05, 3.63) is 48.2 Å². The zero-order chi connectivity index (χ0) is 16.4. The summed E-state index contributed by atoms with van der Waals surface area (Å²) in [5.74, 6) is 1.16. The highest BCUT2D eigenvalue weighted by Gasteiger charge is 2.29. The van der Waals surface area contributed by atoms with Gasteiger partial charge >= 0.3 is 0 Å². The number of aromatic nitrogens is 1. The fraction of sp³-hybridized carbons (Fsp3) is 0.333. The molecule has 6 heteroatoms. The molecule has 124 valence electrons. The molecule has 0 bridgehead atoms. The van der Waals surface area contributed by atoms with Gasteiger partial charge in [0, 0.05) is 19.5 Å². The van der Waals surface area contributed by atoms with Crippen molar-refractivity contribution in [3.63, 3.8) is 0 Å². The minimum absolute atomic E-state index is 0.169. The Morgan fingerprint density at radius 3 is 2.75 bits per heavy atom. The third kappa shape index (κ3) is 3.05. The number of ether oxygens (including phenoxy) is 2. The first-order valence-corrected chi connectivity index (χ1v) is 8.14. The van der Waals surface area contributed by atoms with Crippen molar-refractivity contribution in [2.75, 3.05) is 36.5 Å². The molecule has 2 aliphatic rings. The molecule has 24 heavy (non-hydrogen) atoms. The van der Waals surface area contributed by atoms with Crippen molar-refractivity contribution < 1.29 is 14.3 Å². The number of pyridine rings is 1. The number of nitrogens with one attached hydrogen (secondary N) is 1. The van der Waals surface area contributed by atoms with E-state index in [1.54, 1.807) is 6.20 Å². The molecular formula is C18H19N3O3. The summed E-state index contributed by atoms with van der Waals surface area (Å²) in [7, 11) is 0. The van der Waals surface area contributed by atoms with Crippen molar-refractivity contribution in [1.82, 2.24) is 4.98 Å². The van der Waals surface area contributed by atoms with Crippen molar-refractivity contribution in [2.45, 2.75) is 12.5 Å². The molecule has 1 aromatic heterocycles. The molecule has 1 N–H and O–H groups in total. The van der Waals surface area contributed by atoms with E-state index in [9.17, 15) is 4.79 Å². The second-order valence-corrected chi connectivity index (χ2v) is 5.91. The number of carbonyl (C=O) groups excluding carboxylic acids is 1. The van der Waals surface area contributed by atoms with E-state index in [4.69, 9.17) is 9.47 Å². The summed E-state index contributed by atoms with van der Waals surface area (Å²) < 4.78 is 11.0. The maximum atomic E-state index is 12.4. The van der Waals surface area contributed by atoms with Crippen LogP contribution in [0.1, 0.15) is 5.56 Å². The average molecular weight is 325 g/mol. The molecule has 2 aromatic rings. The van der Waals surface area contributed by atoms with Gasteiger partial charge in [0.2, 0.25) is 0 Å². The van der Waals surface area contributed by atoms with Crippen LogP contribution in [0.2, 0.25) is 0 Å². The summed E-state index contributed by atoms with van der Waals surface area (Å²) in [6.07, 6.45) is 1.88. The van der Waals surface area contributed by atoms with Gasteiger partial charge in [0.1, 0.15) is 11.6 Å². The van der Waals surface area contributed by atoms with Gasteiger partial charge in [-0.05, 0) is 23.8 Å². The standard InChI is InChI=1S/C18H19N3O3/c22-18(16-11-13-3-1-2-4-15(13)24-16)20-17-6-5-14(12-19-17)21-7-9-23-10-8-21/h1-6,12,16H,7-11H2,(H,19,20,22). The molecule has 3 heterocycles. The summed E-state index contributed by atoms with van der Waals surface area (Å²) in [4.78, 5) is 18.9. The van der Waals surface area contributed by atoms with Gasteiger partial charge in [-0.2, -0.15) is 0 Å². The van der Waals surface area contributed by atoms with Gasteiger partial charge < -0.3 is 19.7 Å². The number of hydrogen-bond acceptors (Lipinski definition) is 5. The van der Waals surface area contributed by atoms with Crippen LogP contribution in [0.4, 0.5) is 11.5 Å². The molecule has 0 radical (unpaired) electrons. The van der Waals surface area contributed by atoms with Crippen molar-refractivity contribution in [2.24, 2.45) is 0 Å². The first kappa shape index (κ1) is 15.0. The number of para-hydroxylation sites is 1. The van der Waals surface area contributed by atoms with Crippen LogP contribution in [0.25, 0.3) is 0 Å². The predicted molar refractivity (Wildman–Crippen MR) is 90.5 cm³/mol. The molecule has 4 rings (SSSR count). The fourth-order valence-corrected chi connectivity index (χ4v) is 3.00. The van der Waals surface area contributed by atoms with E-state index < -0.39 is 6.10 Å². The Labute approximate surface area is 140 Å². The zero-order valence-corrected chi connectivity index (χ0v) is 13.3. The van der Waals surface area contributed by atoms with Gasteiger partial charge in [0.05, 0.1) is 25.1 Å². The largest absolute Gasteiger partial charge is 0.480 e. The van der Waals surface area contributed by atoms with Gasteiger partial charge in [-0.1, -0.05) is 18.2 Å². The van der Waals surface area contributed by atoms with E-state index in [-0.39, 0.29) is 5.91 Å².